The number of rotatable bonds is 2. The molecule has 0 saturated carbocycles. The third-order valence-corrected chi connectivity index (χ3v) is 5.77. The van der Waals surface area contributed by atoms with Crippen LogP contribution in [0.2, 0.25) is 0 Å². The minimum Gasteiger partial charge on any atom is -0.331 e. The van der Waals surface area contributed by atoms with Crippen molar-refractivity contribution in [1.29, 1.82) is 0 Å². The number of carbonyl (C=O) groups excluding carboxylic acids is 1. The molecule has 0 unspecified atom stereocenters. The molecule has 23 heavy (non-hydrogen) atoms. The quantitative estimate of drug-likeness (QED) is 0.880. The van der Waals surface area contributed by atoms with Crippen molar-refractivity contribution in [2.24, 2.45) is 7.05 Å². The molecule has 0 spiro atoms. The highest BCUT2D eigenvalue weighted by atomic mass is 32.2. The first-order chi connectivity index (χ1) is 10.9. The first-order valence-corrected chi connectivity index (χ1v) is 9.33. The van der Waals surface area contributed by atoms with E-state index in [4.69, 9.17) is 0 Å². The number of fused-ring (bicyclic) bond motifs is 1. The summed E-state index contributed by atoms with van der Waals surface area (Å²) in [5.74, 6) is 0.835. The SMILES string of the molecule is Cc1ccc2c(c1)nc(CNC(=O)N1CCS(=O)(=O)CC1)n2C. The Bertz CT molecular complexity index is 843. The smallest absolute Gasteiger partial charge is 0.317 e. The number of nitrogens with zero attached hydrogens (tertiary/aromatic N) is 3. The molecular formula is C15H20N4O3S. The Morgan fingerprint density at radius 1 is 1.30 bits per heavy atom. The zero-order valence-corrected chi connectivity index (χ0v) is 14.1. The lowest BCUT2D eigenvalue weighted by atomic mass is 10.2. The second-order valence-corrected chi connectivity index (χ2v) is 8.18. The maximum absolute atomic E-state index is 12.1. The normalized spacial score (nSPS) is 17.4. The summed E-state index contributed by atoms with van der Waals surface area (Å²) in [6.45, 7) is 2.82. The number of sulfone groups is 1. The molecule has 1 saturated heterocycles. The van der Waals surface area contributed by atoms with Crippen LogP contribution in [0.5, 0.6) is 0 Å². The summed E-state index contributed by atoms with van der Waals surface area (Å²) in [5.41, 5.74) is 3.06. The number of imidazole rings is 1. The fourth-order valence-electron chi connectivity index (χ4n) is 2.70. The number of urea groups is 1. The Labute approximate surface area is 135 Å². The molecule has 1 aliphatic rings. The third kappa shape index (κ3) is 3.31. The van der Waals surface area contributed by atoms with Crippen LogP contribution in [0.25, 0.3) is 11.0 Å². The van der Waals surface area contributed by atoms with Gasteiger partial charge in [0, 0.05) is 20.1 Å². The molecule has 0 atom stereocenters. The van der Waals surface area contributed by atoms with Crippen molar-refractivity contribution in [1.82, 2.24) is 19.8 Å². The van der Waals surface area contributed by atoms with Crippen LogP contribution < -0.4 is 5.32 Å². The average Bonchev–Trinajstić information content (AvgIpc) is 2.80. The van der Waals surface area contributed by atoms with Crippen LogP contribution in [0, 0.1) is 6.92 Å². The lowest BCUT2D eigenvalue weighted by Gasteiger charge is -2.26. The summed E-state index contributed by atoms with van der Waals surface area (Å²) in [6, 6.07) is 5.80. The van der Waals surface area contributed by atoms with Crippen molar-refractivity contribution in [3.05, 3.63) is 29.6 Å². The molecule has 124 valence electrons. The van der Waals surface area contributed by atoms with E-state index in [0.29, 0.717) is 6.54 Å². The molecular weight excluding hydrogens is 316 g/mol. The monoisotopic (exact) mass is 336 g/mol. The van der Waals surface area contributed by atoms with Gasteiger partial charge in [-0.15, -0.1) is 0 Å². The van der Waals surface area contributed by atoms with E-state index in [1.807, 2.05) is 36.7 Å². The molecule has 7 nitrogen and oxygen atoms in total. The fraction of sp³-hybridized carbons (Fsp3) is 0.467. The predicted molar refractivity (Wildman–Crippen MR) is 87.9 cm³/mol. The highest BCUT2D eigenvalue weighted by molar-refractivity contribution is 7.91. The summed E-state index contributed by atoms with van der Waals surface area (Å²) in [7, 11) is -1.07. The second-order valence-electron chi connectivity index (χ2n) is 5.88. The van der Waals surface area contributed by atoms with Gasteiger partial charge in [0.2, 0.25) is 0 Å². The molecule has 0 radical (unpaired) electrons. The summed E-state index contributed by atoms with van der Waals surface area (Å²) in [5, 5.41) is 2.82. The fourth-order valence-corrected chi connectivity index (χ4v) is 3.90. The standard InChI is InChI=1S/C15H20N4O3S/c1-11-3-4-13-12(9-11)17-14(18(13)2)10-16-15(20)19-5-7-23(21,22)8-6-19/h3-4,9H,5-8,10H2,1-2H3,(H,16,20). The Morgan fingerprint density at radius 2 is 2.00 bits per heavy atom. The number of benzene rings is 1. The molecule has 2 heterocycles. The summed E-state index contributed by atoms with van der Waals surface area (Å²) in [4.78, 5) is 18.2. The van der Waals surface area contributed by atoms with Crippen LogP contribution in [0.15, 0.2) is 18.2 Å². The Morgan fingerprint density at radius 3 is 2.70 bits per heavy atom. The van der Waals surface area contributed by atoms with E-state index < -0.39 is 9.84 Å². The molecule has 1 aromatic heterocycles. The van der Waals surface area contributed by atoms with Crippen LogP contribution >= 0.6 is 0 Å². The molecule has 2 aromatic rings. The summed E-state index contributed by atoms with van der Waals surface area (Å²) >= 11 is 0. The number of amides is 2. The van der Waals surface area contributed by atoms with Gasteiger partial charge in [-0.2, -0.15) is 0 Å². The van der Waals surface area contributed by atoms with Crippen molar-refractivity contribution < 1.29 is 13.2 Å². The van der Waals surface area contributed by atoms with Crippen LogP contribution in [0.4, 0.5) is 4.79 Å². The first kappa shape index (κ1) is 15.8. The molecule has 0 bridgehead atoms. The predicted octanol–water partition coefficient (Wildman–Crippen LogP) is 0.822. The number of aryl methyl sites for hydroxylation is 2. The van der Waals surface area contributed by atoms with Gasteiger partial charge in [-0.3, -0.25) is 0 Å². The van der Waals surface area contributed by atoms with E-state index in [1.165, 1.54) is 4.90 Å². The van der Waals surface area contributed by atoms with Gasteiger partial charge in [-0.1, -0.05) is 6.07 Å². The van der Waals surface area contributed by atoms with Gasteiger partial charge in [0.1, 0.15) is 5.82 Å². The van der Waals surface area contributed by atoms with E-state index >= 15 is 0 Å². The maximum atomic E-state index is 12.1. The molecule has 8 heteroatoms. The topological polar surface area (TPSA) is 84.3 Å². The van der Waals surface area contributed by atoms with Crippen molar-refractivity contribution in [3.8, 4) is 0 Å². The van der Waals surface area contributed by atoms with Crippen LogP contribution in [0.3, 0.4) is 0 Å². The van der Waals surface area contributed by atoms with Crippen molar-refractivity contribution in [3.63, 3.8) is 0 Å². The summed E-state index contributed by atoms with van der Waals surface area (Å²) < 4.78 is 24.7. The Balaban J connectivity index is 1.66. The van der Waals surface area contributed by atoms with Gasteiger partial charge >= 0.3 is 6.03 Å². The van der Waals surface area contributed by atoms with Crippen molar-refractivity contribution >= 4 is 26.9 Å². The van der Waals surface area contributed by atoms with E-state index in [2.05, 4.69) is 10.3 Å². The van der Waals surface area contributed by atoms with Crippen LogP contribution in [0.1, 0.15) is 11.4 Å². The molecule has 2 amide bonds. The van der Waals surface area contributed by atoms with E-state index in [1.54, 1.807) is 0 Å². The van der Waals surface area contributed by atoms with Gasteiger partial charge < -0.3 is 14.8 Å². The van der Waals surface area contributed by atoms with E-state index in [-0.39, 0.29) is 30.6 Å². The Kier molecular flexibility index (Phi) is 4.01. The molecule has 1 aromatic carbocycles. The van der Waals surface area contributed by atoms with E-state index in [9.17, 15) is 13.2 Å². The zero-order valence-electron chi connectivity index (χ0n) is 13.2. The van der Waals surface area contributed by atoms with E-state index in [0.717, 1.165) is 22.4 Å². The summed E-state index contributed by atoms with van der Waals surface area (Å²) in [6.07, 6.45) is 0. The lowest BCUT2D eigenvalue weighted by molar-refractivity contribution is 0.201. The number of carbonyl (C=O) groups is 1. The van der Waals surface area contributed by atoms with Gasteiger partial charge in [0.25, 0.3) is 0 Å². The minimum absolute atomic E-state index is 0.0337. The maximum Gasteiger partial charge on any atom is 0.317 e. The number of aromatic nitrogens is 2. The Hall–Kier alpha value is -2.09. The highest BCUT2D eigenvalue weighted by Crippen LogP contribution is 2.16. The molecule has 0 aliphatic carbocycles. The molecule has 3 rings (SSSR count). The molecule has 1 fully saturated rings. The van der Waals surface area contributed by atoms with Crippen molar-refractivity contribution in [2.75, 3.05) is 24.6 Å². The highest BCUT2D eigenvalue weighted by Gasteiger charge is 2.25. The second kappa shape index (κ2) is 5.84. The van der Waals surface area contributed by atoms with Gasteiger partial charge in [0.15, 0.2) is 9.84 Å². The third-order valence-electron chi connectivity index (χ3n) is 4.16. The van der Waals surface area contributed by atoms with Gasteiger partial charge in [-0.25, -0.2) is 18.2 Å². The van der Waals surface area contributed by atoms with Gasteiger partial charge in [0.05, 0.1) is 29.1 Å². The lowest BCUT2D eigenvalue weighted by Crippen LogP contribution is -2.48. The van der Waals surface area contributed by atoms with Crippen LogP contribution in [-0.2, 0) is 23.4 Å². The first-order valence-electron chi connectivity index (χ1n) is 7.51. The number of nitrogens with one attached hydrogen (secondary N) is 1. The van der Waals surface area contributed by atoms with Gasteiger partial charge in [-0.05, 0) is 24.6 Å². The molecule has 1 aliphatic heterocycles. The number of hydrogen-bond acceptors (Lipinski definition) is 4. The minimum atomic E-state index is -2.98. The number of hydrogen-bond donors (Lipinski definition) is 1. The van der Waals surface area contributed by atoms with Crippen molar-refractivity contribution in [2.45, 2.75) is 13.5 Å². The van der Waals surface area contributed by atoms with Crippen LogP contribution in [-0.4, -0.2) is 53.5 Å². The zero-order chi connectivity index (χ0) is 16.6. The largest absolute Gasteiger partial charge is 0.331 e. The average molecular weight is 336 g/mol. The molecule has 1 N–H and O–H groups in total.